The van der Waals surface area contributed by atoms with Gasteiger partial charge in [-0.2, -0.15) is 5.10 Å². The molecule has 0 aliphatic carbocycles. The third kappa shape index (κ3) is 4.41. The second-order valence-corrected chi connectivity index (χ2v) is 7.88. The molecule has 1 saturated heterocycles. The van der Waals surface area contributed by atoms with E-state index in [-0.39, 0.29) is 17.6 Å². The maximum atomic E-state index is 12.1. The molecule has 7 nitrogen and oxygen atoms in total. The van der Waals surface area contributed by atoms with Crippen molar-refractivity contribution in [1.29, 1.82) is 0 Å². The van der Waals surface area contributed by atoms with Crippen LogP contribution in [0.15, 0.2) is 18.6 Å². The Balaban J connectivity index is 1.43. The summed E-state index contributed by atoms with van der Waals surface area (Å²) in [5.74, 6) is 0. The summed E-state index contributed by atoms with van der Waals surface area (Å²) in [7, 11) is 0. The van der Waals surface area contributed by atoms with E-state index in [9.17, 15) is 4.79 Å². The first-order valence-corrected chi connectivity index (χ1v) is 8.98. The molecule has 136 valence electrons. The van der Waals surface area contributed by atoms with Crippen molar-refractivity contribution < 1.29 is 4.79 Å². The van der Waals surface area contributed by atoms with E-state index < -0.39 is 0 Å². The molecule has 0 spiro atoms. The van der Waals surface area contributed by atoms with Crippen molar-refractivity contribution in [3.05, 3.63) is 29.2 Å². The quantitative estimate of drug-likeness (QED) is 0.871. The number of nitrogens with one attached hydrogen (secondary N) is 2. The first kappa shape index (κ1) is 17.9. The fraction of sp³-hybridized carbons (Fsp3) is 0.588. The van der Waals surface area contributed by atoms with Crippen LogP contribution in [0, 0.1) is 0 Å². The number of rotatable bonds is 4. The molecule has 1 unspecified atom stereocenters. The molecule has 0 radical (unpaired) electrons. The van der Waals surface area contributed by atoms with Gasteiger partial charge in [-0.25, -0.2) is 14.3 Å². The summed E-state index contributed by atoms with van der Waals surface area (Å²) in [5.41, 5.74) is 1.78. The minimum absolute atomic E-state index is 0.114. The predicted molar refractivity (Wildman–Crippen MR) is 98.0 cm³/mol. The van der Waals surface area contributed by atoms with Gasteiger partial charge in [-0.1, -0.05) is 11.6 Å². The van der Waals surface area contributed by atoms with Crippen LogP contribution in [0.2, 0.25) is 5.02 Å². The number of hydrogen-bond donors (Lipinski definition) is 2. The van der Waals surface area contributed by atoms with E-state index in [1.165, 1.54) is 0 Å². The number of fused-ring (bicyclic) bond motifs is 1. The van der Waals surface area contributed by atoms with Crippen LogP contribution in [-0.4, -0.2) is 56.7 Å². The van der Waals surface area contributed by atoms with Gasteiger partial charge in [0.2, 0.25) is 0 Å². The number of carbonyl (C=O) groups excluding carboxylic acids is 1. The number of halogens is 1. The lowest BCUT2D eigenvalue weighted by molar-refractivity contribution is 0.170. The van der Waals surface area contributed by atoms with Crippen LogP contribution in [0.3, 0.4) is 0 Å². The number of urea groups is 1. The smallest absolute Gasteiger partial charge is 0.315 e. The second kappa shape index (κ2) is 7.17. The topological polar surface area (TPSA) is 74.6 Å². The van der Waals surface area contributed by atoms with E-state index in [4.69, 9.17) is 11.6 Å². The Hall–Kier alpha value is -1.86. The lowest BCUT2D eigenvalue weighted by Gasteiger charge is -2.31. The zero-order valence-electron chi connectivity index (χ0n) is 14.9. The highest BCUT2D eigenvalue weighted by Gasteiger charge is 2.30. The molecule has 1 atom stereocenters. The Labute approximate surface area is 152 Å². The number of nitrogens with zero attached hydrogens (tertiary/aromatic N) is 4. The number of hydrogen-bond acceptors (Lipinski definition) is 4. The largest absolute Gasteiger partial charge is 0.338 e. The van der Waals surface area contributed by atoms with E-state index in [1.807, 2.05) is 6.20 Å². The van der Waals surface area contributed by atoms with E-state index >= 15 is 0 Å². The minimum Gasteiger partial charge on any atom is -0.338 e. The van der Waals surface area contributed by atoms with Gasteiger partial charge in [-0.3, -0.25) is 4.90 Å². The summed E-state index contributed by atoms with van der Waals surface area (Å²) in [6, 6.07) is 0.0976. The predicted octanol–water partition coefficient (Wildman–Crippen LogP) is 2.10. The van der Waals surface area contributed by atoms with Gasteiger partial charge in [0, 0.05) is 43.6 Å². The van der Waals surface area contributed by atoms with Gasteiger partial charge in [-0.15, -0.1) is 0 Å². The van der Waals surface area contributed by atoms with E-state index in [2.05, 4.69) is 46.4 Å². The van der Waals surface area contributed by atoms with Gasteiger partial charge in [0.05, 0.1) is 6.20 Å². The Morgan fingerprint density at radius 2 is 2.20 bits per heavy atom. The molecule has 0 saturated carbocycles. The molecule has 0 bridgehead atoms. The maximum absolute atomic E-state index is 12.1. The van der Waals surface area contributed by atoms with Crippen molar-refractivity contribution in [2.75, 3.05) is 19.6 Å². The van der Waals surface area contributed by atoms with Crippen LogP contribution < -0.4 is 10.6 Å². The molecule has 2 amide bonds. The first-order valence-electron chi connectivity index (χ1n) is 8.60. The van der Waals surface area contributed by atoms with E-state index in [1.54, 1.807) is 16.9 Å². The summed E-state index contributed by atoms with van der Waals surface area (Å²) < 4.78 is 1.65. The van der Waals surface area contributed by atoms with Crippen molar-refractivity contribution in [2.24, 2.45) is 0 Å². The number of likely N-dealkylation sites (tertiary alicyclic amines) is 1. The first-order chi connectivity index (χ1) is 11.8. The standard InChI is InChI=1S/C17H25ClN6O/c1-17(2,3)23-7-5-13(11-23)22-16(25)19-6-4-12-8-20-15-14(18)9-21-24(15)10-12/h8-10,13H,4-7,11H2,1-3H3,(H2,19,22,25). The van der Waals surface area contributed by atoms with Gasteiger partial charge in [0.25, 0.3) is 0 Å². The summed E-state index contributed by atoms with van der Waals surface area (Å²) in [6.45, 7) is 9.07. The molecule has 1 aliphatic heterocycles. The highest BCUT2D eigenvalue weighted by atomic mass is 35.5. The summed E-state index contributed by atoms with van der Waals surface area (Å²) in [5, 5.41) is 10.6. The van der Waals surface area contributed by atoms with Crippen LogP contribution >= 0.6 is 11.6 Å². The lowest BCUT2D eigenvalue weighted by atomic mass is 10.1. The molecular weight excluding hydrogens is 340 g/mol. The lowest BCUT2D eigenvalue weighted by Crippen LogP contribution is -2.46. The number of amides is 2. The van der Waals surface area contributed by atoms with Gasteiger partial charge in [0.1, 0.15) is 5.02 Å². The molecule has 3 heterocycles. The SMILES string of the molecule is CC(C)(C)N1CCC(NC(=O)NCCc2cnc3c(Cl)cnn3c2)C1. The van der Waals surface area contributed by atoms with Gasteiger partial charge < -0.3 is 10.6 Å². The molecular formula is C17H25ClN6O. The van der Waals surface area contributed by atoms with Crippen LogP contribution in [0.1, 0.15) is 32.8 Å². The van der Waals surface area contributed by atoms with Crippen molar-refractivity contribution in [3.8, 4) is 0 Å². The molecule has 2 N–H and O–H groups in total. The second-order valence-electron chi connectivity index (χ2n) is 7.48. The van der Waals surface area contributed by atoms with Crippen molar-refractivity contribution in [2.45, 2.75) is 45.2 Å². The minimum atomic E-state index is -0.114. The third-order valence-electron chi connectivity index (χ3n) is 4.54. The molecule has 2 aromatic rings. The highest BCUT2D eigenvalue weighted by molar-refractivity contribution is 6.33. The van der Waals surface area contributed by atoms with Crippen molar-refractivity contribution in [1.82, 2.24) is 30.1 Å². The van der Waals surface area contributed by atoms with Gasteiger partial charge >= 0.3 is 6.03 Å². The van der Waals surface area contributed by atoms with Crippen LogP contribution in [-0.2, 0) is 6.42 Å². The molecule has 1 fully saturated rings. The maximum Gasteiger partial charge on any atom is 0.315 e. The monoisotopic (exact) mass is 364 g/mol. The average Bonchev–Trinajstić information content (AvgIpc) is 3.14. The van der Waals surface area contributed by atoms with E-state index in [0.29, 0.717) is 23.6 Å². The molecule has 0 aromatic carbocycles. The fourth-order valence-corrected chi connectivity index (χ4v) is 3.24. The molecule has 2 aromatic heterocycles. The van der Waals surface area contributed by atoms with Crippen LogP contribution in [0.4, 0.5) is 4.79 Å². The molecule has 25 heavy (non-hydrogen) atoms. The van der Waals surface area contributed by atoms with Crippen LogP contribution in [0.5, 0.6) is 0 Å². The number of carbonyl (C=O) groups is 1. The van der Waals surface area contributed by atoms with Gasteiger partial charge in [-0.05, 0) is 39.2 Å². The Kier molecular flexibility index (Phi) is 5.15. The highest BCUT2D eigenvalue weighted by Crippen LogP contribution is 2.20. The van der Waals surface area contributed by atoms with Crippen molar-refractivity contribution in [3.63, 3.8) is 0 Å². The van der Waals surface area contributed by atoms with Crippen molar-refractivity contribution >= 4 is 23.3 Å². The van der Waals surface area contributed by atoms with Crippen LogP contribution in [0.25, 0.3) is 5.65 Å². The third-order valence-corrected chi connectivity index (χ3v) is 4.80. The summed E-state index contributed by atoms with van der Waals surface area (Å²) >= 11 is 5.98. The summed E-state index contributed by atoms with van der Waals surface area (Å²) in [4.78, 5) is 18.8. The molecule has 8 heteroatoms. The number of aromatic nitrogens is 3. The van der Waals surface area contributed by atoms with E-state index in [0.717, 1.165) is 25.1 Å². The zero-order valence-corrected chi connectivity index (χ0v) is 15.7. The van der Waals surface area contributed by atoms with Gasteiger partial charge in [0.15, 0.2) is 5.65 Å². The Bertz CT molecular complexity index is 753. The fourth-order valence-electron chi connectivity index (χ4n) is 3.06. The Morgan fingerprint density at radius 1 is 1.40 bits per heavy atom. The Morgan fingerprint density at radius 3 is 2.92 bits per heavy atom. The summed E-state index contributed by atoms with van der Waals surface area (Å²) in [6.07, 6.45) is 6.90. The normalized spacial score (nSPS) is 18.6. The average molecular weight is 365 g/mol. The molecule has 1 aliphatic rings. The zero-order chi connectivity index (χ0) is 18.0. The molecule has 3 rings (SSSR count).